The Kier molecular flexibility index (Phi) is 7.68. The van der Waals surface area contributed by atoms with Gasteiger partial charge in [0.25, 0.3) is 0 Å². The Morgan fingerprint density at radius 1 is 1.26 bits per heavy atom. The second-order valence-electron chi connectivity index (χ2n) is 6.17. The summed E-state index contributed by atoms with van der Waals surface area (Å²) in [5.41, 5.74) is 0.797. The van der Waals surface area contributed by atoms with Gasteiger partial charge in [-0.1, -0.05) is 0 Å². The second-order valence-corrected chi connectivity index (χ2v) is 7.90. The molecule has 4 N–H and O–H groups in total. The molecule has 9 heteroatoms. The summed E-state index contributed by atoms with van der Waals surface area (Å²) in [5.74, 6) is 1.86. The first kappa shape index (κ1) is 20.8. The van der Waals surface area contributed by atoms with Gasteiger partial charge in [0.2, 0.25) is 10.0 Å². The number of hydrogen-bond donors (Lipinski definition) is 3. The van der Waals surface area contributed by atoms with Gasteiger partial charge in [-0.05, 0) is 50.2 Å². The SMILES string of the molecule is CC(C)Oc1ccc(NC(=NCCS(N)(=O)=O)NCCc2ccco2)cc1. The number of hydrogen-bond acceptors (Lipinski definition) is 5. The van der Waals surface area contributed by atoms with Crippen molar-refractivity contribution < 1.29 is 17.6 Å². The number of ether oxygens (including phenoxy) is 1. The fourth-order valence-electron chi connectivity index (χ4n) is 2.21. The molecule has 0 spiro atoms. The number of rotatable bonds is 9. The van der Waals surface area contributed by atoms with Crippen molar-refractivity contribution in [2.75, 3.05) is 24.2 Å². The van der Waals surface area contributed by atoms with E-state index in [0.717, 1.165) is 17.2 Å². The first-order valence-electron chi connectivity index (χ1n) is 8.67. The van der Waals surface area contributed by atoms with Gasteiger partial charge in [0.1, 0.15) is 11.5 Å². The third kappa shape index (κ3) is 8.61. The second kappa shape index (κ2) is 9.98. The number of furan rings is 1. The average Bonchev–Trinajstić information content (AvgIpc) is 3.08. The minimum atomic E-state index is -3.56. The average molecular weight is 394 g/mol. The van der Waals surface area contributed by atoms with Crippen molar-refractivity contribution in [3.63, 3.8) is 0 Å². The highest BCUT2D eigenvalue weighted by Crippen LogP contribution is 2.16. The quantitative estimate of drug-likeness (QED) is 0.442. The number of sulfonamides is 1. The number of nitrogens with zero attached hydrogens (tertiary/aromatic N) is 1. The van der Waals surface area contributed by atoms with E-state index in [2.05, 4.69) is 15.6 Å². The summed E-state index contributed by atoms with van der Waals surface area (Å²) in [6, 6.07) is 11.2. The first-order chi connectivity index (χ1) is 12.8. The normalized spacial score (nSPS) is 12.2. The standard InChI is InChI=1S/C18H26N4O4S/c1-14(2)26-17-7-5-15(6-8-17)22-18(21-11-13-27(19,23)24)20-10-9-16-4-3-12-25-16/h3-8,12,14H,9-11,13H2,1-2H3,(H2,19,23,24)(H2,20,21,22). The third-order valence-electron chi connectivity index (χ3n) is 3.38. The summed E-state index contributed by atoms with van der Waals surface area (Å²) < 4.78 is 33.1. The molecule has 0 unspecified atom stereocenters. The number of nitrogens with two attached hydrogens (primary N) is 1. The third-order valence-corrected chi connectivity index (χ3v) is 4.13. The molecule has 0 saturated carbocycles. The Morgan fingerprint density at radius 2 is 2.00 bits per heavy atom. The topological polar surface area (TPSA) is 119 Å². The van der Waals surface area contributed by atoms with Crippen LogP contribution in [0.1, 0.15) is 19.6 Å². The number of anilines is 1. The molecular weight excluding hydrogens is 368 g/mol. The molecule has 0 bridgehead atoms. The Labute approximate surface area is 159 Å². The van der Waals surface area contributed by atoms with E-state index in [9.17, 15) is 8.42 Å². The maximum atomic E-state index is 11.1. The fourth-order valence-corrected chi connectivity index (χ4v) is 2.55. The van der Waals surface area contributed by atoms with Gasteiger partial charge in [0.05, 0.1) is 24.7 Å². The Hall–Kier alpha value is -2.52. The maximum Gasteiger partial charge on any atom is 0.210 e. The van der Waals surface area contributed by atoms with E-state index in [1.54, 1.807) is 6.26 Å². The van der Waals surface area contributed by atoms with Crippen LogP contribution >= 0.6 is 0 Å². The number of benzene rings is 1. The van der Waals surface area contributed by atoms with Gasteiger partial charge in [0, 0.05) is 18.7 Å². The van der Waals surface area contributed by atoms with Gasteiger partial charge in [-0.3, -0.25) is 4.99 Å². The molecule has 27 heavy (non-hydrogen) atoms. The summed E-state index contributed by atoms with van der Waals surface area (Å²) >= 11 is 0. The van der Waals surface area contributed by atoms with E-state index >= 15 is 0 Å². The molecule has 148 valence electrons. The molecule has 0 aliphatic rings. The van der Waals surface area contributed by atoms with Crippen LogP contribution in [-0.4, -0.2) is 39.3 Å². The molecule has 1 aromatic carbocycles. The van der Waals surface area contributed by atoms with Crippen LogP contribution in [0.2, 0.25) is 0 Å². The van der Waals surface area contributed by atoms with Crippen LogP contribution < -0.4 is 20.5 Å². The highest BCUT2D eigenvalue weighted by Gasteiger charge is 2.05. The van der Waals surface area contributed by atoms with Crippen molar-refractivity contribution in [2.24, 2.45) is 10.1 Å². The van der Waals surface area contributed by atoms with Crippen molar-refractivity contribution in [3.8, 4) is 5.75 Å². The van der Waals surface area contributed by atoms with Crippen LogP contribution in [0.4, 0.5) is 5.69 Å². The fraction of sp³-hybridized carbons (Fsp3) is 0.389. The minimum absolute atomic E-state index is 0.0590. The lowest BCUT2D eigenvalue weighted by Gasteiger charge is -2.14. The predicted molar refractivity (Wildman–Crippen MR) is 107 cm³/mol. The van der Waals surface area contributed by atoms with Crippen LogP contribution in [-0.2, 0) is 16.4 Å². The zero-order valence-corrected chi connectivity index (χ0v) is 16.3. The lowest BCUT2D eigenvalue weighted by Crippen LogP contribution is -2.33. The highest BCUT2D eigenvalue weighted by atomic mass is 32.2. The largest absolute Gasteiger partial charge is 0.491 e. The molecule has 8 nitrogen and oxygen atoms in total. The summed E-state index contributed by atoms with van der Waals surface area (Å²) in [7, 11) is -3.56. The van der Waals surface area contributed by atoms with Crippen molar-refractivity contribution in [3.05, 3.63) is 48.4 Å². The number of guanidine groups is 1. The number of primary sulfonamides is 1. The van der Waals surface area contributed by atoms with Crippen molar-refractivity contribution >= 4 is 21.7 Å². The van der Waals surface area contributed by atoms with Crippen LogP contribution in [0.5, 0.6) is 5.75 Å². The van der Waals surface area contributed by atoms with Gasteiger partial charge in [-0.15, -0.1) is 0 Å². The van der Waals surface area contributed by atoms with Crippen molar-refractivity contribution in [1.29, 1.82) is 0 Å². The van der Waals surface area contributed by atoms with E-state index in [0.29, 0.717) is 18.9 Å². The molecule has 1 aromatic heterocycles. The predicted octanol–water partition coefficient (Wildman–Crippen LogP) is 1.96. The van der Waals surface area contributed by atoms with Crippen LogP contribution in [0, 0.1) is 0 Å². The summed E-state index contributed by atoms with van der Waals surface area (Å²) in [6.07, 6.45) is 2.39. The van der Waals surface area contributed by atoms with Crippen LogP contribution in [0.15, 0.2) is 52.1 Å². The lowest BCUT2D eigenvalue weighted by atomic mass is 10.3. The molecule has 2 rings (SSSR count). The van der Waals surface area contributed by atoms with Crippen molar-refractivity contribution in [2.45, 2.75) is 26.4 Å². The van der Waals surface area contributed by atoms with E-state index in [1.807, 2.05) is 50.2 Å². The van der Waals surface area contributed by atoms with Crippen LogP contribution in [0.25, 0.3) is 0 Å². The zero-order chi connectivity index (χ0) is 19.7. The Morgan fingerprint density at radius 3 is 2.59 bits per heavy atom. The number of aliphatic imine (C=N–C) groups is 1. The van der Waals surface area contributed by atoms with Gasteiger partial charge in [-0.25, -0.2) is 13.6 Å². The van der Waals surface area contributed by atoms with Gasteiger partial charge < -0.3 is 19.8 Å². The molecule has 0 radical (unpaired) electrons. The van der Waals surface area contributed by atoms with E-state index < -0.39 is 10.0 Å². The molecule has 0 atom stereocenters. The molecule has 0 fully saturated rings. The molecule has 1 heterocycles. The van der Waals surface area contributed by atoms with Gasteiger partial charge in [-0.2, -0.15) is 0 Å². The lowest BCUT2D eigenvalue weighted by molar-refractivity contribution is 0.242. The summed E-state index contributed by atoms with van der Waals surface area (Å²) in [4.78, 5) is 4.27. The first-order valence-corrected chi connectivity index (χ1v) is 10.4. The van der Waals surface area contributed by atoms with Crippen molar-refractivity contribution in [1.82, 2.24) is 5.32 Å². The highest BCUT2D eigenvalue weighted by molar-refractivity contribution is 7.89. The maximum absolute atomic E-state index is 11.1. The zero-order valence-electron chi connectivity index (χ0n) is 15.5. The number of nitrogens with one attached hydrogen (secondary N) is 2. The Bertz CT molecular complexity index is 816. The van der Waals surface area contributed by atoms with E-state index in [4.69, 9.17) is 14.3 Å². The van der Waals surface area contributed by atoms with Crippen LogP contribution in [0.3, 0.4) is 0 Å². The minimum Gasteiger partial charge on any atom is -0.491 e. The monoisotopic (exact) mass is 394 g/mol. The molecule has 0 aliphatic carbocycles. The van der Waals surface area contributed by atoms with Gasteiger partial charge in [0.15, 0.2) is 5.96 Å². The Balaban J connectivity index is 1.98. The summed E-state index contributed by atoms with van der Waals surface area (Å²) in [5, 5.41) is 11.3. The molecule has 0 saturated heterocycles. The smallest absolute Gasteiger partial charge is 0.210 e. The van der Waals surface area contributed by atoms with E-state index in [1.165, 1.54) is 0 Å². The molecule has 2 aromatic rings. The van der Waals surface area contributed by atoms with Gasteiger partial charge >= 0.3 is 0 Å². The molecular formula is C18H26N4O4S. The van der Waals surface area contributed by atoms with E-state index in [-0.39, 0.29) is 18.4 Å². The molecule has 0 aliphatic heterocycles. The summed E-state index contributed by atoms with van der Waals surface area (Å²) in [6.45, 7) is 4.56. The molecule has 0 amide bonds.